The minimum Gasteiger partial charge on any atom is -0.443 e. The topological polar surface area (TPSA) is 46.6 Å². The Labute approximate surface area is 176 Å². The quantitative estimate of drug-likeness (QED) is 0.416. The maximum atomic E-state index is 13.2. The third-order valence-corrected chi connectivity index (χ3v) is 5.94. The Morgan fingerprint density at radius 3 is 2.41 bits per heavy atom. The molecular formula is C21H20INO3S. The summed E-state index contributed by atoms with van der Waals surface area (Å²) in [6.45, 7) is 5.54. The van der Waals surface area contributed by atoms with Crippen molar-refractivity contribution < 1.29 is 14.3 Å². The first-order valence-corrected chi connectivity index (χ1v) is 10.4. The molecule has 0 saturated carbocycles. The number of carbonyl (C=O) groups is 2. The molecule has 140 valence electrons. The number of ether oxygens (including phenoxy) is 1. The molecule has 3 aromatic rings. The van der Waals surface area contributed by atoms with Gasteiger partial charge in [-0.3, -0.25) is 4.79 Å². The van der Waals surface area contributed by atoms with Crippen molar-refractivity contribution in [2.24, 2.45) is 0 Å². The summed E-state index contributed by atoms with van der Waals surface area (Å²) in [4.78, 5) is 27.7. The number of imide groups is 1. The largest absolute Gasteiger partial charge is 0.443 e. The van der Waals surface area contributed by atoms with Gasteiger partial charge in [0, 0.05) is 8.27 Å². The van der Waals surface area contributed by atoms with Crippen LogP contribution in [0.3, 0.4) is 0 Å². The summed E-state index contributed by atoms with van der Waals surface area (Å²) >= 11 is 3.59. The highest BCUT2D eigenvalue weighted by Gasteiger charge is 2.29. The Morgan fingerprint density at radius 1 is 1.07 bits per heavy atom. The second kappa shape index (κ2) is 7.98. The average molecular weight is 493 g/mol. The zero-order valence-electron chi connectivity index (χ0n) is 15.4. The van der Waals surface area contributed by atoms with E-state index in [1.54, 1.807) is 20.8 Å². The molecule has 2 aromatic carbocycles. The normalized spacial score (nSPS) is 11.4. The molecule has 1 aromatic heterocycles. The van der Waals surface area contributed by atoms with E-state index in [9.17, 15) is 9.59 Å². The van der Waals surface area contributed by atoms with Crippen LogP contribution in [0.2, 0.25) is 0 Å². The molecule has 4 nitrogen and oxygen atoms in total. The maximum Gasteiger partial charge on any atom is 0.417 e. The average Bonchev–Trinajstić information content (AvgIpc) is 3.03. The van der Waals surface area contributed by atoms with Crippen LogP contribution in [-0.2, 0) is 11.3 Å². The molecule has 27 heavy (non-hydrogen) atoms. The maximum absolute atomic E-state index is 13.2. The van der Waals surface area contributed by atoms with Crippen molar-refractivity contribution in [1.82, 2.24) is 4.90 Å². The molecule has 0 fully saturated rings. The fourth-order valence-electron chi connectivity index (χ4n) is 2.55. The van der Waals surface area contributed by atoms with Gasteiger partial charge in [0.15, 0.2) is 0 Å². The van der Waals surface area contributed by atoms with Crippen LogP contribution in [0.15, 0.2) is 54.6 Å². The van der Waals surface area contributed by atoms with E-state index in [0.717, 1.165) is 19.2 Å². The lowest BCUT2D eigenvalue weighted by Gasteiger charge is -2.26. The van der Waals surface area contributed by atoms with Crippen molar-refractivity contribution >= 4 is 56.0 Å². The molecule has 2 amide bonds. The highest BCUT2D eigenvalue weighted by atomic mass is 127. The van der Waals surface area contributed by atoms with Crippen LogP contribution in [0.4, 0.5) is 4.79 Å². The number of hydrogen-bond acceptors (Lipinski definition) is 4. The number of hydrogen-bond donors (Lipinski definition) is 0. The molecule has 0 aliphatic rings. The number of rotatable bonds is 3. The highest BCUT2D eigenvalue weighted by Crippen LogP contribution is 2.28. The molecule has 0 unspecified atom stereocenters. The van der Waals surface area contributed by atoms with E-state index in [1.807, 2.05) is 54.6 Å². The summed E-state index contributed by atoms with van der Waals surface area (Å²) in [7, 11) is 0. The standard InChI is InChI=1S/C21H20INO3S/c1-21(2,3)26-20(25)23(13-15-9-4-6-10-16(15)22)19(24)18-12-14-8-5-7-11-17(14)27-18/h4-12H,13H2,1-3H3. The predicted molar refractivity (Wildman–Crippen MR) is 117 cm³/mol. The third-order valence-electron chi connectivity index (χ3n) is 3.78. The Balaban J connectivity index is 1.96. The predicted octanol–water partition coefficient (Wildman–Crippen LogP) is 6.08. The van der Waals surface area contributed by atoms with Crippen LogP contribution in [0.1, 0.15) is 36.0 Å². The molecule has 0 aliphatic carbocycles. The number of nitrogens with zero attached hydrogens (tertiary/aromatic N) is 1. The van der Waals surface area contributed by atoms with Gasteiger partial charge in [-0.1, -0.05) is 36.4 Å². The summed E-state index contributed by atoms with van der Waals surface area (Å²) in [6, 6.07) is 17.3. The number of fused-ring (bicyclic) bond motifs is 1. The van der Waals surface area contributed by atoms with Gasteiger partial charge >= 0.3 is 6.09 Å². The molecule has 1 heterocycles. The zero-order chi connectivity index (χ0) is 19.6. The molecule has 0 atom stereocenters. The molecule has 0 spiro atoms. The van der Waals surface area contributed by atoms with Crippen molar-refractivity contribution in [1.29, 1.82) is 0 Å². The number of thiophene rings is 1. The van der Waals surface area contributed by atoms with Crippen LogP contribution in [0.25, 0.3) is 10.1 Å². The molecule has 0 aliphatic heterocycles. The smallest absolute Gasteiger partial charge is 0.417 e. The Hall–Kier alpha value is -1.93. The van der Waals surface area contributed by atoms with Gasteiger partial charge in [-0.05, 0) is 72.5 Å². The lowest BCUT2D eigenvalue weighted by molar-refractivity contribution is 0.0228. The van der Waals surface area contributed by atoms with Gasteiger partial charge in [0.05, 0.1) is 11.4 Å². The van der Waals surface area contributed by atoms with E-state index < -0.39 is 11.7 Å². The fraction of sp³-hybridized carbons (Fsp3) is 0.238. The van der Waals surface area contributed by atoms with Crippen molar-refractivity contribution in [3.63, 3.8) is 0 Å². The van der Waals surface area contributed by atoms with Crippen molar-refractivity contribution in [3.05, 3.63) is 68.6 Å². The highest BCUT2D eigenvalue weighted by molar-refractivity contribution is 14.1. The lowest BCUT2D eigenvalue weighted by Crippen LogP contribution is -2.40. The monoisotopic (exact) mass is 493 g/mol. The Bertz CT molecular complexity index is 957. The lowest BCUT2D eigenvalue weighted by atomic mass is 10.2. The van der Waals surface area contributed by atoms with E-state index in [4.69, 9.17) is 4.74 Å². The molecule has 0 bridgehead atoms. The molecule has 0 N–H and O–H groups in total. The van der Waals surface area contributed by atoms with Crippen LogP contribution in [0, 0.1) is 3.57 Å². The SMILES string of the molecule is CC(C)(C)OC(=O)N(Cc1ccccc1I)C(=O)c1cc2ccccc2s1. The first kappa shape index (κ1) is 19.8. The van der Waals surface area contributed by atoms with Gasteiger partial charge in [-0.2, -0.15) is 0 Å². The summed E-state index contributed by atoms with van der Waals surface area (Å²) in [6.07, 6.45) is -0.635. The van der Waals surface area contributed by atoms with Gasteiger partial charge < -0.3 is 4.74 Å². The van der Waals surface area contributed by atoms with Gasteiger partial charge in [0.2, 0.25) is 0 Å². The van der Waals surface area contributed by atoms with E-state index >= 15 is 0 Å². The zero-order valence-corrected chi connectivity index (χ0v) is 18.3. The van der Waals surface area contributed by atoms with Gasteiger partial charge in [-0.25, -0.2) is 9.69 Å². The van der Waals surface area contributed by atoms with E-state index in [2.05, 4.69) is 22.6 Å². The van der Waals surface area contributed by atoms with E-state index in [-0.39, 0.29) is 12.5 Å². The molecule has 6 heteroatoms. The van der Waals surface area contributed by atoms with Crippen LogP contribution in [-0.4, -0.2) is 22.5 Å². The van der Waals surface area contributed by atoms with E-state index in [0.29, 0.717) is 4.88 Å². The summed E-state index contributed by atoms with van der Waals surface area (Å²) in [5, 5.41) is 0.990. The van der Waals surface area contributed by atoms with Gasteiger partial charge in [0.25, 0.3) is 5.91 Å². The number of carbonyl (C=O) groups excluding carboxylic acids is 2. The fourth-order valence-corrected chi connectivity index (χ4v) is 4.12. The van der Waals surface area contributed by atoms with Crippen molar-refractivity contribution in [2.45, 2.75) is 32.9 Å². The summed E-state index contributed by atoms with van der Waals surface area (Å²) < 4.78 is 7.50. The first-order valence-electron chi connectivity index (χ1n) is 8.51. The van der Waals surface area contributed by atoms with E-state index in [1.165, 1.54) is 16.2 Å². The molecule has 0 radical (unpaired) electrons. The first-order chi connectivity index (χ1) is 12.7. The molecular weight excluding hydrogens is 473 g/mol. The summed E-state index contributed by atoms with van der Waals surface area (Å²) in [5.74, 6) is -0.342. The molecule has 3 rings (SSSR count). The van der Waals surface area contributed by atoms with Crippen LogP contribution >= 0.6 is 33.9 Å². The number of benzene rings is 2. The molecule has 0 saturated heterocycles. The minimum atomic E-state index is -0.681. The Morgan fingerprint density at radius 2 is 1.74 bits per heavy atom. The second-order valence-corrected chi connectivity index (χ2v) is 9.36. The van der Waals surface area contributed by atoms with Gasteiger partial charge in [0.1, 0.15) is 5.60 Å². The van der Waals surface area contributed by atoms with Crippen molar-refractivity contribution in [2.75, 3.05) is 0 Å². The second-order valence-electron chi connectivity index (χ2n) is 7.11. The minimum absolute atomic E-state index is 0.168. The third kappa shape index (κ3) is 4.87. The summed E-state index contributed by atoms with van der Waals surface area (Å²) in [5.41, 5.74) is 0.220. The van der Waals surface area contributed by atoms with Crippen LogP contribution in [0.5, 0.6) is 0 Å². The van der Waals surface area contributed by atoms with Gasteiger partial charge in [-0.15, -0.1) is 11.3 Å². The Kier molecular flexibility index (Phi) is 5.86. The number of amides is 2. The van der Waals surface area contributed by atoms with Crippen LogP contribution < -0.4 is 0 Å². The number of halogens is 1. The van der Waals surface area contributed by atoms with Crippen molar-refractivity contribution in [3.8, 4) is 0 Å².